The molecule has 0 amide bonds. The van der Waals surface area contributed by atoms with E-state index in [2.05, 4.69) is 12.1 Å². The van der Waals surface area contributed by atoms with E-state index in [9.17, 15) is 4.79 Å². The van der Waals surface area contributed by atoms with Crippen LogP contribution in [0.15, 0.2) is 66.7 Å². The van der Waals surface area contributed by atoms with E-state index in [1.807, 2.05) is 61.5 Å². The summed E-state index contributed by atoms with van der Waals surface area (Å²) in [4.78, 5) is 12.5. The molecule has 0 radical (unpaired) electrons. The molecule has 0 saturated heterocycles. The van der Waals surface area contributed by atoms with Crippen LogP contribution in [0.1, 0.15) is 24.0 Å². The topological polar surface area (TPSA) is 26.3 Å². The molecule has 0 bridgehead atoms. The molecule has 2 nitrogen and oxygen atoms in total. The Bertz CT molecular complexity index is 843. The van der Waals surface area contributed by atoms with Crippen molar-refractivity contribution >= 4 is 27.6 Å². The van der Waals surface area contributed by atoms with Crippen LogP contribution in [-0.4, -0.2) is 12.2 Å². The van der Waals surface area contributed by atoms with Crippen LogP contribution in [0.3, 0.4) is 0 Å². The zero-order chi connectivity index (χ0) is 16.9. The van der Waals surface area contributed by atoms with E-state index in [0.717, 1.165) is 27.8 Å². The van der Waals surface area contributed by atoms with Gasteiger partial charge in [0.25, 0.3) is 0 Å². The van der Waals surface area contributed by atoms with E-state index in [1.165, 1.54) is 17.3 Å². The Hall–Kier alpha value is -2.26. The van der Waals surface area contributed by atoms with Gasteiger partial charge in [-0.1, -0.05) is 73.3 Å². The first kappa shape index (κ1) is 16.6. The van der Waals surface area contributed by atoms with Gasteiger partial charge in [-0.2, -0.15) is 0 Å². The molecule has 0 aliphatic heterocycles. The molecule has 0 aliphatic rings. The van der Waals surface area contributed by atoms with Crippen molar-refractivity contribution in [2.75, 3.05) is 7.11 Å². The van der Waals surface area contributed by atoms with Crippen molar-refractivity contribution in [3.05, 3.63) is 77.9 Å². The summed E-state index contributed by atoms with van der Waals surface area (Å²) >= 11 is 1.39. The predicted molar refractivity (Wildman–Crippen MR) is 102 cm³/mol. The normalized spacial score (nSPS) is 12.1. The van der Waals surface area contributed by atoms with Crippen LogP contribution in [0.4, 0.5) is 0 Å². The van der Waals surface area contributed by atoms with Crippen molar-refractivity contribution in [1.29, 1.82) is 0 Å². The molecule has 0 heterocycles. The standard InChI is InChI=1S/C21H20O2S/c1-15(21(22)24-14-16-6-4-3-5-7-16)17-8-9-19-13-20(23-2)11-10-18(19)12-17/h3-13,15H,14H2,1-2H3/t15-/m0/s1. The zero-order valence-electron chi connectivity index (χ0n) is 13.9. The average molecular weight is 336 g/mol. The fourth-order valence-corrected chi connectivity index (χ4v) is 3.52. The maximum atomic E-state index is 12.5. The van der Waals surface area contributed by atoms with Crippen molar-refractivity contribution in [1.82, 2.24) is 0 Å². The molecule has 122 valence electrons. The Labute approximate surface area is 146 Å². The highest BCUT2D eigenvalue weighted by Gasteiger charge is 2.16. The van der Waals surface area contributed by atoms with Crippen LogP contribution in [-0.2, 0) is 10.5 Å². The van der Waals surface area contributed by atoms with E-state index < -0.39 is 0 Å². The number of benzene rings is 3. The molecule has 0 saturated carbocycles. The minimum Gasteiger partial charge on any atom is -0.497 e. The highest BCUT2D eigenvalue weighted by molar-refractivity contribution is 8.13. The number of hydrogen-bond donors (Lipinski definition) is 0. The average Bonchev–Trinajstić information content (AvgIpc) is 2.65. The molecule has 0 unspecified atom stereocenters. The minimum absolute atomic E-state index is 0.120. The van der Waals surface area contributed by atoms with Gasteiger partial charge >= 0.3 is 0 Å². The van der Waals surface area contributed by atoms with Crippen LogP contribution >= 0.6 is 11.8 Å². The Kier molecular flexibility index (Phi) is 5.21. The maximum Gasteiger partial charge on any atom is 0.196 e. The lowest BCUT2D eigenvalue weighted by Gasteiger charge is -2.12. The van der Waals surface area contributed by atoms with Gasteiger partial charge in [-0.3, -0.25) is 4.79 Å². The van der Waals surface area contributed by atoms with Gasteiger partial charge in [-0.25, -0.2) is 0 Å². The third-order valence-corrected chi connectivity index (χ3v) is 5.26. The van der Waals surface area contributed by atoms with E-state index in [1.54, 1.807) is 7.11 Å². The van der Waals surface area contributed by atoms with Crippen molar-refractivity contribution in [2.24, 2.45) is 0 Å². The molecule has 3 rings (SSSR count). The van der Waals surface area contributed by atoms with Gasteiger partial charge in [0.05, 0.1) is 13.0 Å². The van der Waals surface area contributed by atoms with Crippen molar-refractivity contribution in [3.63, 3.8) is 0 Å². The second kappa shape index (κ2) is 7.54. The number of rotatable bonds is 5. The van der Waals surface area contributed by atoms with Crippen molar-refractivity contribution in [3.8, 4) is 5.75 Å². The predicted octanol–water partition coefficient (Wildman–Crippen LogP) is 5.41. The fourth-order valence-electron chi connectivity index (χ4n) is 2.63. The quantitative estimate of drug-likeness (QED) is 0.623. The summed E-state index contributed by atoms with van der Waals surface area (Å²) in [6, 6.07) is 22.3. The van der Waals surface area contributed by atoms with Gasteiger partial charge < -0.3 is 4.74 Å². The highest BCUT2D eigenvalue weighted by Crippen LogP contribution is 2.28. The molecule has 0 N–H and O–H groups in total. The van der Waals surface area contributed by atoms with Crippen molar-refractivity contribution in [2.45, 2.75) is 18.6 Å². The molecular formula is C21H20O2S. The summed E-state index contributed by atoms with van der Waals surface area (Å²) < 4.78 is 5.25. The first-order chi connectivity index (χ1) is 11.7. The molecule has 0 fully saturated rings. The summed E-state index contributed by atoms with van der Waals surface area (Å²) in [5.74, 6) is 1.44. The number of fused-ring (bicyclic) bond motifs is 1. The third kappa shape index (κ3) is 3.80. The van der Waals surface area contributed by atoms with Gasteiger partial charge in [-0.15, -0.1) is 0 Å². The molecule has 3 heteroatoms. The minimum atomic E-state index is -0.120. The van der Waals surface area contributed by atoms with Gasteiger partial charge in [0.15, 0.2) is 5.12 Å². The van der Waals surface area contributed by atoms with Gasteiger partial charge in [0.1, 0.15) is 5.75 Å². The van der Waals surface area contributed by atoms with Gasteiger partial charge in [0.2, 0.25) is 0 Å². The number of thioether (sulfide) groups is 1. The van der Waals surface area contributed by atoms with Crippen LogP contribution in [0, 0.1) is 0 Å². The highest BCUT2D eigenvalue weighted by atomic mass is 32.2. The number of carbonyl (C=O) groups excluding carboxylic acids is 1. The molecule has 3 aromatic carbocycles. The molecular weight excluding hydrogens is 316 g/mol. The third-order valence-electron chi connectivity index (χ3n) is 4.15. The molecule has 24 heavy (non-hydrogen) atoms. The lowest BCUT2D eigenvalue weighted by molar-refractivity contribution is -0.111. The summed E-state index contributed by atoms with van der Waals surface area (Å²) in [6.07, 6.45) is 0. The molecule has 3 aromatic rings. The Balaban J connectivity index is 1.72. The molecule has 0 aromatic heterocycles. The summed E-state index contributed by atoms with van der Waals surface area (Å²) in [5, 5.41) is 2.45. The van der Waals surface area contributed by atoms with Gasteiger partial charge in [0, 0.05) is 5.75 Å². The molecule has 0 aliphatic carbocycles. The maximum absolute atomic E-state index is 12.5. The van der Waals surface area contributed by atoms with E-state index in [-0.39, 0.29) is 11.0 Å². The Morgan fingerprint density at radius 1 is 1.00 bits per heavy atom. The van der Waals surface area contributed by atoms with Crippen molar-refractivity contribution < 1.29 is 9.53 Å². The number of carbonyl (C=O) groups is 1. The lowest BCUT2D eigenvalue weighted by atomic mass is 9.99. The van der Waals surface area contributed by atoms with E-state index >= 15 is 0 Å². The summed E-state index contributed by atoms with van der Waals surface area (Å²) in [6.45, 7) is 1.98. The second-order valence-electron chi connectivity index (χ2n) is 5.79. The van der Waals surface area contributed by atoms with Gasteiger partial charge in [-0.05, 0) is 34.0 Å². The monoisotopic (exact) mass is 336 g/mol. The van der Waals surface area contributed by atoms with Crippen LogP contribution in [0.2, 0.25) is 0 Å². The molecule has 0 spiro atoms. The van der Waals surface area contributed by atoms with Crippen LogP contribution < -0.4 is 4.74 Å². The van der Waals surface area contributed by atoms with E-state index in [0.29, 0.717) is 0 Å². The van der Waals surface area contributed by atoms with Crippen LogP contribution in [0.5, 0.6) is 5.75 Å². The van der Waals surface area contributed by atoms with Crippen LogP contribution in [0.25, 0.3) is 10.8 Å². The first-order valence-electron chi connectivity index (χ1n) is 7.95. The number of ether oxygens (including phenoxy) is 1. The Morgan fingerprint density at radius 3 is 2.46 bits per heavy atom. The fraction of sp³-hybridized carbons (Fsp3) is 0.190. The second-order valence-corrected chi connectivity index (χ2v) is 6.77. The number of methoxy groups -OCH3 is 1. The SMILES string of the molecule is COc1ccc2cc([C@H](C)C(=O)SCc3ccccc3)ccc2c1. The largest absolute Gasteiger partial charge is 0.497 e. The lowest BCUT2D eigenvalue weighted by Crippen LogP contribution is -2.05. The summed E-state index contributed by atoms with van der Waals surface area (Å²) in [7, 11) is 1.67. The first-order valence-corrected chi connectivity index (χ1v) is 8.94. The zero-order valence-corrected chi connectivity index (χ0v) is 14.7. The van der Waals surface area contributed by atoms with E-state index in [4.69, 9.17) is 4.74 Å². The Morgan fingerprint density at radius 2 is 1.71 bits per heavy atom. The smallest absolute Gasteiger partial charge is 0.196 e. The number of hydrogen-bond acceptors (Lipinski definition) is 3. The molecule has 1 atom stereocenters. The summed E-state index contributed by atoms with van der Waals surface area (Å²) in [5.41, 5.74) is 2.23.